The fourth-order valence-electron chi connectivity index (χ4n) is 1.08. The van der Waals surface area contributed by atoms with Gasteiger partial charge in [-0.25, -0.2) is 9.78 Å². The van der Waals surface area contributed by atoms with Crippen molar-refractivity contribution in [2.45, 2.75) is 6.04 Å². The highest BCUT2D eigenvalue weighted by atomic mass is 16.5. The highest BCUT2D eigenvalue weighted by molar-refractivity contribution is 5.95. The largest absolute Gasteiger partial charge is 0.477 e. The van der Waals surface area contributed by atoms with Gasteiger partial charge in [0.2, 0.25) is 5.91 Å². The predicted molar refractivity (Wildman–Crippen MR) is 59.7 cm³/mol. The molecule has 4 N–H and O–H groups in total. The van der Waals surface area contributed by atoms with E-state index in [2.05, 4.69) is 10.3 Å². The molecule has 0 aliphatic rings. The second-order valence-corrected chi connectivity index (χ2v) is 3.29. The summed E-state index contributed by atoms with van der Waals surface area (Å²) in [4.78, 5) is 25.7. The van der Waals surface area contributed by atoms with Crippen molar-refractivity contribution in [2.24, 2.45) is 5.73 Å². The Balaban J connectivity index is 2.63. The molecular formula is C10H13N3O4. The SMILES string of the molecule is COCC(N)C(=O)Nc1ccc(C(=O)O)nc1. The summed E-state index contributed by atoms with van der Waals surface area (Å²) in [5, 5.41) is 11.1. The van der Waals surface area contributed by atoms with Gasteiger partial charge in [0.15, 0.2) is 0 Å². The average molecular weight is 239 g/mol. The number of carbonyl (C=O) groups is 2. The maximum atomic E-state index is 11.5. The van der Waals surface area contributed by atoms with E-state index in [-0.39, 0.29) is 12.3 Å². The van der Waals surface area contributed by atoms with Gasteiger partial charge in [0.05, 0.1) is 18.5 Å². The number of amides is 1. The Labute approximate surface area is 97.6 Å². The molecule has 0 saturated carbocycles. The van der Waals surface area contributed by atoms with Crippen molar-refractivity contribution in [3.05, 3.63) is 24.0 Å². The first-order valence-electron chi connectivity index (χ1n) is 4.79. The Bertz CT molecular complexity index is 405. The number of hydrogen-bond acceptors (Lipinski definition) is 5. The van der Waals surface area contributed by atoms with Crippen LogP contribution in [-0.2, 0) is 9.53 Å². The van der Waals surface area contributed by atoms with Crippen LogP contribution in [0, 0.1) is 0 Å². The summed E-state index contributed by atoms with van der Waals surface area (Å²) < 4.78 is 4.73. The zero-order chi connectivity index (χ0) is 12.8. The van der Waals surface area contributed by atoms with E-state index in [1.54, 1.807) is 0 Å². The molecule has 1 heterocycles. The van der Waals surface area contributed by atoms with Crippen molar-refractivity contribution in [2.75, 3.05) is 19.0 Å². The summed E-state index contributed by atoms with van der Waals surface area (Å²) in [6.07, 6.45) is 1.25. The Kier molecular flexibility index (Phi) is 4.56. The molecule has 1 aromatic heterocycles. The van der Waals surface area contributed by atoms with Crippen LogP contribution in [0.5, 0.6) is 0 Å². The molecule has 0 aromatic carbocycles. The van der Waals surface area contributed by atoms with Gasteiger partial charge in [0.25, 0.3) is 0 Å². The fraction of sp³-hybridized carbons (Fsp3) is 0.300. The van der Waals surface area contributed by atoms with Crippen molar-refractivity contribution in [3.63, 3.8) is 0 Å². The maximum Gasteiger partial charge on any atom is 0.354 e. The number of carboxylic acid groups (broad SMARTS) is 1. The van der Waals surface area contributed by atoms with E-state index in [9.17, 15) is 9.59 Å². The molecule has 0 aliphatic heterocycles. The molecule has 1 amide bonds. The molecule has 17 heavy (non-hydrogen) atoms. The molecule has 7 heteroatoms. The number of pyridine rings is 1. The molecule has 0 spiro atoms. The van der Waals surface area contributed by atoms with Gasteiger partial charge in [0.1, 0.15) is 11.7 Å². The van der Waals surface area contributed by atoms with Crippen LogP contribution in [0.3, 0.4) is 0 Å². The van der Waals surface area contributed by atoms with Gasteiger partial charge >= 0.3 is 5.97 Å². The summed E-state index contributed by atoms with van der Waals surface area (Å²) in [5.41, 5.74) is 5.79. The first-order chi connectivity index (χ1) is 8.04. The van der Waals surface area contributed by atoms with Gasteiger partial charge in [-0.3, -0.25) is 4.79 Å². The van der Waals surface area contributed by atoms with Crippen LogP contribution in [0.1, 0.15) is 10.5 Å². The Morgan fingerprint density at radius 2 is 2.29 bits per heavy atom. The number of nitrogens with zero attached hydrogens (tertiary/aromatic N) is 1. The summed E-state index contributed by atoms with van der Waals surface area (Å²) in [7, 11) is 1.44. The molecule has 0 saturated heterocycles. The van der Waals surface area contributed by atoms with Crippen LogP contribution >= 0.6 is 0 Å². The van der Waals surface area contributed by atoms with Crippen molar-refractivity contribution >= 4 is 17.6 Å². The number of nitrogens with two attached hydrogens (primary N) is 1. The van der Waals surface area contributed by atoms with Crippen LogP contribution in [-0.4, -0.2) is 41.7 Å². The van der Waals surface area contributed by atoms with Crippen LogP contribution in [0.4, 0.5) is 5.69 Å². The van der Waals surface area contributed by atoms with Gasteiger partial charge in [-0.2, -0.15) is 0 Å². The standard InChI is InChI=1S/C10H13N3O4/c1-17-5-7(11)9(14)13-6-2-3-8(10(15)16)12-4-6/h2-4,7H,5,11H2,1H3,(H,13,14)(H,15,16). The van der Waals surface area contributed by atoms with E-state index in [0.29, 0.717) is 5.69 Å². The second-order valence-electron chi connectivity index (χ2n) is 3.29. The number of carboxylic acids is 1. The highest BCUT2D eigenvalue weighted by Crippen LogP contribution is 2.06. The quantitative estimate of drug-likeness (QED) is 0.649. The smallest absolute Gasteiger partial charge is 0.354 e. The van der Waals surface area contributed by atoms with Crippen molar-refractivity contribution < 1.29 is 19.4 Å². The van der Waals surface area contributed by atoms with Crippen LogP contribution < -0.4 is 11.1 Å². The minimum absolute atomic E-state index is 0.0933. The minimum atomic E-state index is -1.13. The third-order valence-corrected chi connectivity index (χ3v) is 1.93. The summed E-state index contributed by atoms with van der Waals surface area (Å²) in [6, 6.07) is 1.95. The summed E-state index contributed by atoms with van der Waals surface area (Å²) in [5.74, 6) is -1.55. The third-order valence-electron chi connectivity index (χ3n) is 1.93. The van der Waals surface area contributed by atoms with E-state index in [4.69, 9.17) is 15.6 Å². The van der Waals surface area contributed by atoms with E-state index < -0.39 is 17.9 Å². The molecule has 1 rings (SSSR count). The van der Waals surface area contributed by atoms with Crippen LogP contribution in [0.15, 0.2) is 18.3 Å². The topological polar surface area (TPSA) is 115 Å². The zero-order valence-corrected chi connectivity index (χ0v) is 9.21. The van der Waals surface area contributed by atoms with Gasteiger partial charge < -0.3 is 20.9 Å². The third kappa shape index (κ3) is 3.82. The first kappa shape index (κ1) is 13.1. The first-order valence-corrected chi connectivity index (χ1v) is 4.79. The number of anilines is 1. The molecule has 0 bridgehead atoms. The van der Waals surface area contributed by atoms with Crippen molar-refractivity contribution in [3.8, 4) is 0 Å². The van der Waals surface area contributed by atoms with Gasteiger partial charge in [-0.05, 0) is 12.1 Å². The lowest BCUT2D eigenvalue weighted by atomic mass is 10.3. The van der Waals surface area contributed by atoms with E-state index >= 15 is 0 Å². The summed E-state index contributed by atoms with van der Waals surface area (Å²) in [6.45, 7) is 0.104. The molecule has 1 atom stereocenters. The van der Waals surface area contributed by atoms with Crippen LogP contribution in [0.2, 0.25) is 0 Å². The summed E-state index contributed by atoms with van der Waals surface area (Å²) >= 11 is 0. The van der Waals surface area contributed by atoms with Gasteiger partial charge in [-0.15, -0.1) is 0 Å². The monoisotopic (exact) mass is 239 g/mol. The van der Waals surface area contributed by atoms with Crippen molar-refractivity contribution in [1.82, 2.24) is 4.98 Å². The van der Waals surface area contributed by atoms with Crippen molar-refractivity contribution in [1.29, 1.82) is 0 Å². The maximum absolute atomic E-state index is 11.5. The molecule has 1 aromatic rings. The van der Waals surface area contributed by atoms with E-state index in [0.717, 1.165) is 0 Å². The van der Waals surface area contributed by atoms with E-state index in [1.165, 1.54) is 25.4 Å². The zero-order valence-electron chi connectivity index (χ0n) is 9.21. The number of methoxy groups -OCH3 is 1. The van der Waals surface area contributed by atoms with Gasteiger partial charge in [-0.1, -0.05) is 0 Å². The molecule has 0 fully saturated rings. The number of rotatable bonds is 5. The molecule has 0 radical (unpaired) electrons. The molecule has 92 valence electrons. The van der Waals surface area contributed by atoms with E-state index in [1.807, 2.05) is 0 Å². The number of aromatic nitrogens is 1. The number of carbonyl (C=O) groups excluding carboxylic acids is 1. The number of nitrogens with one attached hydrogen (secondary N) is 1. The number of hydrogen-bond donors (Lipinski definition) is 3. The molecule has 7 nitrogen and oxygen atoms in total. The molecule has 0 aliphatic carbocycles. The molecule has 1 unspecified atom stereocenters. The Morgan fingerprint density at radius 1 is 1.59 bits per heavy atom. The number of ether oxygens (including phenoxy) is 1. The Morgan fingerprint density at radius 3 is 2.76 bits per heavy atom. The predicted octanol–water partition coefficient (Wildman–Crippen LogP) is -0.308. The second kappa shape index (κ2) is 5.92. The lowest BCUT2D eigenvalue weighted by Gasteiger charge is -2.10. The number of aromatic carboxylic acids is 1. The highest BCUT2D eigenvalue weighted by Gasteiger charge is 2.13. The van der Waals surface area contributed by atoms with Crippen LogP contribution in [0.25, 0.3) is 0 Å². The lowest BCUT2D eigenvalue weighted by molar-refractivity contribution is -0.118. The fourth-order valence-corrected chi connectivity index (χ4v) is 1.08. The van der Waals surface area contributed by atoms with Gasteiger partial charge in [0, 0.05) is 7.11 Å². The average Bonchev–Trinajstić information content (AvgIpc) is 2.30. The minimum Gasteiger partial charge on any atom is -0.477 e. The Hall–Kier alpha value is -1.99. The normalized spacial score (nSPS) is 11.9. The lowest BCUT2D eigenvalue weighted by Crippen LogP contribution is -2.39. The molecular weight excluding hydrogens is 226 g/mol.